The molecule has 0 saturated heterocycles. The summed E-state index contributed by atoms with van der Waals surface area (Å²) in [6, 6.07) is 4.79. The quantitative estimate of drug-likeness (QED) is 0.799. The highest BCUT2D eigenvalue weighted by Gasteiger charge is 2.05. The van der Waals surface area contributed by atoms with Crippen LogP contribution in [-0.2, 0) is 6.61 Å². The van der Waals surface area contributed by atoms with Gasteiger partial charge in [-0.25, -0.2) is 18.7 Å². The number of aromatic nitrogens is 2. The van der Waals surface area contributed by atoms with E-state index in [1.54, 1.807) is 18.5 Å². The van der Waals surface area contributed by atoms with Crippen LogP contribution in [0.3, 0.4) is 0 Å². The van der Waals surface area contributed by atoms with Gasteiger partial charge in [-0.2, -0.15) is 0 Å². The molecule has 0 spiro atoms. The topological polar surface area (TPSA) is 35.0 Å². The molecule has 0 aliphatic rings. The maximum Gasteiger partial charge on any atom is 0.167 e. The molecule has 1 heterocycles. The molecule has 0 amide bonds. The van der Waals surface area contributed by atoms with Crippen molar-refractivity contribution >= 4 is 0 Å². The van der Waals surface area contributed by atoms with Crippen molar-refractivity contribution in [1.29, 1.82) is 0 Å². The molecule has 2 rings (SSSR count). The summed E-state index contributed by atoms with van der Waals surface area (Å²) in [5.41, 5.74) is 0. The summed E-state index contributed by atoms with van der Waals surface area (Å²) < 4.78 is 30.8. The fraction of sp³-hybridized carbons (Fsp3) is 0.0909. The van der Waals surface area contributed by atoms with Crippen molar-refractivity contribution in [1.82, 2.24) is 9.97 Å². The summed E-state index contributed by atoms with van der Waals surface area (Å²) in [4.78, 5) is 7.82. The van der Waals surface area contributed by atoms with Gasteiger partial charge in [-0.15, -0.1) is 0 Å². The van der Waals surface area contributed by atoms with Gasteiger partial charge in [0, 0.05) is 18.5 Å². The van der Waals surface area contributed by atoms with Crippen LogP contribution in [-0.4, -0.2) is 9.97 Å². The lowest BCUT2D eigenvalue weighted by Gasteiger charge is -2.05. The standard InChI is InChI=1S/C11H8F2N2O/c12-8-2-3-10(9(13)6-8)16-7-11-14-4-1-5-15-11/h1-6H,7H2. The van der Waals surface area contributed by atoms with Crippen LogP contribution >= 0.6 is 0 Å². The lowest BCUT2D eigenvalue weighted by atomic mass is 10.3. The smallest absolute Gasteiger partial charge is 0.167 e. The number of halogens is 2. The van der Waals surface area contributed by atoms with Gasteiger partial charge in [-0.3, -0.25) is 0 Å². The van der Waals surface area contributed by atoms with Crippen LogP contribution in [0.25, 0.3) is 0 Å². The minimum absolute atomic E-state index is 0.0196. The third kappa shape index (κ3) is 2.50. The fourth-order valence-electron chi connectivity index (χ4n) is 1.14. The van der Waals surface area contributed by atoms with E-state index >= 15 is 0 Å². The van der Waals surface area contributed by atoms with Crippen molar-refractivity contribution in [3.63, 3.8) is 0 Å². The number of ether oxygens (including phenoxy) is 1. The predicted octanol–water partition coefficient (Wildman–Crippen LogP) is 2.33. The van der Waals surface area contributed by atoms with E-state index in [1.807, 2.05) is 0 Å². The van der Waals surface area contributed by atoms with Gasteiger partial charge in [-0.1, -0.05) is 0 Å². The molecule has 82 valence electrons. The average molecular weight is 222 g/mol. The van der Waals surface area contributed by atoms with Crippen LogP contribution in [0.1, 0.15) is 5.82 Å². The maximum atomic E-state index is 13.1. The van der Waals surface area contributed by atoms with Crippen LogP contribution in [0.15, 0.2) is 36.7 Å². The summed E-state index contributed by atoms with van der Waals surface area (Å²) in [7, 11) is 0. The first-order valence-corrected chi connectivity index (χ1v) is 4.59. The van der Waals surface area contributed by atoms with Gasteiger partial charge in [0.25, 0.3) is 0 Å². The summed E-state index contributed by atoms with van der Waals surface area (Å²) in [5, 5.41) is 0. The second-order valence-corrected chi connectivity index (χ2v) is 3.03. The van der Waals surface area contributed by atoms with Crippen molar-refractivity contribution in [2.45, 2.75) is 6.61 Å². The molecule has 0 bridgehead atoms. The van der Waals surface area contributed by atoms with E-state index in [2.05, 4.69) is 9.97 Å². The third-order valence-electron chi connectivity index (χ3n) is 1.87. The first kappa shape index (κ1) is 10.5. The number of benzene rings is 1. The van der Waals surface area contributed by atoms with Gasteiger partial charge in [0.2, 0.25) is 0 Å². The van der Waals surface area contributed by atoms with Gasteiger partial charge in [-0.05, 0) is 18.2 Å². The molecule has 0 aliphatic heterocycles. The van der Waals surface area contributed by atoms with Gasteiger partial charge in [0.15, 0.2) is 17.4 Å². The van der Waals surface area contributed by atoms with Gasteiger partial charge < -0.3 is 4.74 Å². The van der Waals surface area contributed by atoms with Crippen molar-refractivity contribution in [3.8, 4) is 5.75 Å². The Morgan fingerprint density at radius 2 is 1.88 bits per heavy atom. The number of rotatable bonds is 3. The fourth-order valence-corrected chi connectivity index (χ4v) is 1.14. The Kier molecular flexibility index (Phi) is 3.05. The zero-order valence-corrected chi connectivity index (χ0v) is 8.23. The van der Waals surface area contributed by atoms with E-state index in [4.69, 9.17) is 4.74 Å². The second kappa shape index (κ2) is 4.65. The van der Waals surface area contributed by atoms with Crippen molar-refractivity contribution in [3.05, 3.63) is 54.1 Å². The molecule has 1 aromatic carbocycles. The van der Waals surface area contributed by atoms with Gasteiger partial charge in [0.1, 0.15) is 12.4 Å². The molecule has 2 aromatic rings. The molecule has 0 aliphatic carbocycles. The van der Waals surface area contributed by atoms with Crippen LogP contribution in [0.4, 0.5) is 8.78 Å². The second-order valence-electron chi connectivity index (χ2n) is 3.03. The Morgan fingerprint density at radius 1 is 1.12 bits per heavy atom. The molecule has 0 radical (unpaired) electrons. The van der Waals surface area contributed by atoms with Crippen LogP contribution in [0.5, 0.6) is 5.75 Å². The molecule has 0 unspecified atom stereocenters. The zero-order chi connectivity index (χ0) is 11.4. The van der Waals surface area contributed by atoms with Gasteiger partial charge >= 0.3 is 0 Å². The molecule has 0 N–H and O–H groups in total. The number of nitrogens with zero attached hydrogens (tertiary/aromatic N) is 2. The Balaban J connectivity index is 2.05. The Hall–Kier alpha value is -2.04. The molecule has 0 atom stereocenters. The summed E-state index contributed by atoms with van der Waals surface area (Å²) in [6.07, 6.45) is 3.12. The molecule has 0 fully saturated rings. The molecule has 16 heavy (non-hydrogen) atoms. The zero-order valence-electron chi connectivity index (χ0n) is 8.23. The predicted molar refractivity (Wildman–Crippen MR) is 52.7 cm³/mol. The normalized spacial score (nSPS) is 10.1. The minimum atomic E-state index is -0.740. The highest BCUT2D eigenvalue weighted by Crippen LogP contribution is 2.18. The first-order chi connectivity index (χ1) is 7.75. The summed E-state index contributed by atoms with van der Waals surface area (Å²) in [5.74, 6) is -0.961. The number of hydrogen-bond acceptors (Lipinski definition) is 3. The Bertz CT molecular complexity index is 477. The van der Waals surface area contributed by atoms with E-state index in [1.165, 1.54) is 6.07 Å². The van der Waals surface area contributed by atoms with E-state index in [9.17, 15) is 8.78 Å². The molecule has 3 nitrogen and oxygen atoms in total. The summed E-state index contributed by atoms with van der Waals surface area (Å²) in [6.45, 7) is 0.0450. The van der Waals surface area contributed by atoms with Crippen LogP contribution in [0.2, 0.25) is 0 Å². The number of hydrogen-bond donors (Lipinski definition) is 0. The largest absolute Gasteiger partial charge is 0.483 e. The molecule has 1 aromatic heterocycles. The minimum Gasteiger partial charge on any atom is -0.483 e. The lowest BCUT2D eigenvalue weighted by Crippen LogP contribution is -2.01. The van der Waals surface area contributed by atoms with Gasteiger partial charge in [0.05, 0.1) is 0 Å². The SMILES string of the molecule is Fc1ccc(OCc2ncccn2)c(F)c1. The van der Waals surface area contributed by atoms with Crippen molar-refractivity contribution in [2.24, 2.45) is 0 Å². The Labute approximate surface area is 90.7 Å². The van der Waals surface area contributed by atoms with E-state index in [0.717, 1.165) is 12.1 Å². The van der Waals surface area contributed by atoms with Crippen molar-refractivity contribution < 1.29 is 13.5 Å². The first-order valence-electron chi connectivity index (χ1n) is 4.59. The van der Waals surface area contributed by atoms with E-state index in [-0.39, 0.29) is 12.4 Å². The van der Waals surface area contributed by atoms with E-state index < -0.39 is 11.6 Å². The molecular formula is C11H8F2N2O. The summed E-state index contributed by atoms with van der Waals surface area (Å²) >= 11 is 0. The lowest BCUT2D eigenvalue weighted by molar-refractivity contribution is 0.280. The van der Waals surface area contributed by atoms with E-state index in [0.29, 0.717) is 5.82 Å². The average Bonchev–Trinajstić information content (AvgIpc) is 2.29. The van der Waals surface area contributed by atoms with Crippen LogP contribution < -0.4 is 4.74 Å². The highest BCUT2D eigenvalue weighted by molar-refractivity contribution is 5.24. The third-order valence-corrected chi connectivity index (χ3v) is 1.87. The molecule has 5 heteroatoms. The Morgan fingerprint density at radius 3 is 2.56 bits per heavy atom. The molecule has 0 saturated carbocycles. The highest BCUT2D eigenvalue weighted by atomic mass is 19.1. The van der Waals surface area contributed by atoms with Crippen LogP contribution in [0, 0.1) is 11.6 Å². The monoisotopic (exact) mass is 222 g/mol. The maximum absolute atomic E-state index is 13.1. The van der Waals surface area contributed by atoms with Crippen molar-refractivity contribution in [2.75, 3.05) is 0 Å². The molecular weight excluding hydrogens is 214 g/mol.